The number of hydrogen-bond acceptors (Lipinski definition) is 4. The zero-order chi connectivity index (χ0) is 10.4. The van der Waals surface area contributed by atoms with Gasteiger partial charge in [0.15, 0.2) is 0 Å². The lowest BCUT2D eigenvalue weighted by atomic mass is 10.1. The third-order valence-corrected chi connectivity index (χ3v) is 3.56. The van der Waals surface area contributed by atoms with Gasteiger partial charge in [-0.25, -0.2) is 5.84 Å². The predicted molar refractivity (Wildman–Crippen MR) is 59.9 cm³/mol. The molecule has 0 aromatic heterocycles. The van der Waals surface area contributed by atoms with E-state index in [1.54, 1.807) is 0 Å². The van der Waals surface area contributed by atoms with E-state index in [1.807, 2.05) is 11.8 Å². The van der Waals surface area contributed by atoms with Crippen LogP contribution >= 0.6 is 11.8 Å². The lowest BCUT2D eigenvalue weighted by molar-refractivity contribution is -0.121. The summed E-state index contributed by atoms with van der Waals surface area (Å²) < 4.78 is 0. The first-order chi connectivity index (χ1) is 6.74. The molecule has 1 saturated heterocycles. The van der Waals surface area contributed by atoms with Crippen LogP contribution in [-0.2, 0) is 4.79 Å². The van der Waals surface area contributed by atoms with Crippen molar-refractivity contribution in [3.63, 3.8) is 0 Å². The summed E-state index contributed by atoms with van der Waals surface area (Å²) in [5.41, 5.74) is 2.16. The molecule has 3 N–H and O–H groups in total. The molecule has 5 heteroatoms. The number of rotatable bonds is 4. The van der Waals surface area contributed by atoms with Gasteiger partial charge in [0.1, 0.15) is 0 Å². The van der Waals surface area contributed by atoms with Crippen LogP contribution in [0.5, 0.6) is 0 Å². The Morgan fingerprint density at radius 2 is 2.21 bits per heavy atom. The highest BCUT2D eigenvalue weighted by Crippen LogP contribution is 2.14. The van der Waals surface area contributed by atoms with Gasteiger partial charge >= 0.3 is 0 Å². The Morgan fingerprint density at radius 1 is 1.57 bits per heavy atom. The van der Waals surface area contributed by atoms with Crippen molar-refractivity contribution < 1.29 is 4.79 Å². The molecule has 0 aliphatic carbocycles. The van der Waals surface area contributed by atoms with E-state index in [9.17, 15) is 4.79 Å². The van der Waals surface area contributed by atoms with Crippen molar-refractivity contribution >= 4 is 17.7 Å². The number of carbonyl (C=O) groups excluding carboxylic acids is 1. The fraction of sp³-hybridized carbons (Fsp3) is 0.889. The first-order valence-corrected chi connectivity index (χ1v) is 6.20. The van der Waals surface area contributed by atoms with E-state index in [-0.39, 0.29) is 5.91 Å². The molecule has 0 bridgehead atoms. The predicted octanol–water partition coefficient (Wildman–Crippen LogP) is 0.194. The first-order valence-electron chi connectivity index (χ1n) is 5.05. The minimum absolute atomic E-state index is 0.0664. The molecule has 0 saturated carbocycles. The molecule has 1 aliphatic heterocycles. The monoisotopic (exact) mass is 217 g/mol. The summed E-state index contributed by atoms with van der Waals surface area (Å²) in [5.74, 6) is 7.39. The second kappa shape index (κ2) is 6.27. The summed E-state index contributed by atoms with van der Waals surface area (Å²) in [6.45, 7) is 4.48. The minimum atomic E-state index is -0.0664. The van der Waals surface area contributed by atoms with Gasteiger partial charge in [-0.2, -0.15) is 11.8 Å². The number of nitrogens with two attached hydrogens (primary N) is 1. The van der Waals surface area contributed by atoms with E-state index in [2.05, 4.69) is 17.2 Å². The number of hydrogen-bond donors (Lipinski definition) is 2. The molecule has 1 unspecified atom stereocenters. The van der Waals surface area contributed by atoms with Crippen molar-refractivity contribution in [2.24, 2.45) is 5.84 Å². The molecular formula is C9H19N3OS. The summed E-state index contributed by atoms with van der Waals surface area (Å²) in [4.78, 5) is 13.4. The molecule has 4 nitrogen and oxygen atoms in total. The molecule has 0 spiro atoms. The molecule has 0 aromatic carbocycles. The number of nitrogens with one attached hydrogen (secondary N) is 1. The lowest BCUT2D eigenvalue weighted by Crippen LogP contribution is -2.40. The van der Waals surface area contributed by atoms with E-state index in [1.165, 1.54) is 11.5 Å². The number of thioether (sulfide) groups is 1. The second-order valence-corrected chi connectivity index (χ2v) is 4.83. The van der Waals surface area contributed by atoms with Gasteiger partial charge in [0, 0.05) is 37.1 Å². The summed E-state index contributed by atoms with van der Waals surface area (Å²) >= 11 is 2.00. The average Bonchev–Trinajstić information content (AvgIpc) is 2.26. The van der Waals surface area contributed by atoms with Gasteiger partial charge in [0.05, 0.1) is 0 Å². The molecule has 0 aromatic rings. The number of nitrogens with zero attached hydrogens (tertiary/aromatic N) is 1. The Balaban J connectivity index is 2.19. The third kappa shape index (κ3) is 3.86. The van der Waals surface area contributed by atoms with Crippen molar-refractivity contribution in [3.05, 3.63) is 0 Å². The third-order valence-electron chi connectivity index (χ3n) is 2.62. The average molecular weight is 217 g/mol. The van der Waals surface area contributed by atoms with Crippen molar-refractivity contribution in [1.82, 2.24) is 10.3 Å². The van der Waals surface area contributed by atoms with Crippen LogP contribution in [0.15, 0.2) is 0 Å². The fourth-order valence-electron chi connectivity index (χ4n) is 1.61. The van der Waals surface area contributed by atoms with Gasteiger partial charge in [-0.15, -0.1) is 0 Å². The van der Waals surface area contributed by atoms with Gasteiger partial charge in [-0.3, -0.25) is 15.1 Å². The van der Waals surface area contributed by atoms with Crippen LogP contribution in [-0.4, -0.2) is 41.4 Å². The number of amides is 1. The molecule has 14 heavy (non-hydrogen) atoms. The largest absolute Gasteiger partial charge is 0.299 e. The summed E-state index contributed by atoms with van der Waals surface area (Å²) in [6.07, 6.45) is 1.43. The van der Waals surface area contributed by atoms with E-state index in [4.69, 9.17) is 5.84 Å². The Morgan fingerprint density at radius 3 is 2.79 bits per heavy atom. The van der Waals surface area contributed by atoms with Crippen LogP contribution in [0, 0.1) is 0 Å². The molecule has 1 amide bonds. The normalized spacial score (nSPS) is 20.4. The Hall–Kier alpha value is -0.260. The first kappa shape index (κ1) is 11.8. The Bertz CT molecular complexity index is 183. The fourth-order valence-corrected chi connectivity index (χ4v) is 2.54. The van der Waals surface area contributed by atoms with Crippen LogP contribution in [0.25, 0.3) is 0 Å². The van der Waals surface area contributed by atoms with Crippen molar-refractivity contribution in [3.8, 4) is 0 Å². The van der Waals surface area contributed by atoms with E-state index >= 15 is 0 Å². The summed E-state index contributed by atoms with van der Waals surface area (Å²) in [7, 11) is 0. The van der Waals surface area contributed by atoms with Crippen molar-refractivity contribution in [2.75, 3.05) is 24.6 Å². The van der Waals surface area contributed by atoms with Gasteiger partial charge < -0.3 is 0 Å². The maximum Gasteiger partial charge on any atom is 0.233 e. The maximum atomic E-state index is 10.9. The van der Waals surface area contributed by atoms with Crippen LogP contribution in [0.3, 0.4) is 0 Å². The van der Waals surface area contributed by atoms with Crippen LogP contribution in [0.2, 0.25) is 0 Å². The zero-order valence-electron chi connectivity index (χ0n) is 8.66. The second-order valence-electron chi connectivity index (χ2n) is 3.60. The highest BCUT2D eigenvalue weighted by atomic mass is 32.2. The maximum absolute atomic E-state index is 10.9. The van der Waals surface area contributed by atoms with Crippen LogP contribution in [0.4, 0.5) is 0 Å². The van der Waals surface area contributed by atoms with E-state index in [0.717, 1.165) is 19.5 Å². The van der Waals surface area contributed by atoms with Crippen LogP contribution in [0.1, 0.15) is 19.8 Å². The van der Waals surface area contributed by atoms with E-state index in [0.29, 0.717) is 12.5 Å². The lowest BCUT2D eigenvalue weighted by Gasteiger charge is -2.31. The summed E-state index contributed by atoms with van der Waals surface area (Å²) in [6, 6.07) is 0.494. The Labute approximate surface area is 89.6 Å². The molecule has 0 radical (unpaired) electrons. The standard InChI is InChI=1S/C9H19N3OS/c1-8(2-3-9(13)11-10)12-4-6-14-7-5-12/h8H,2-7,10H2,1H3,(H,11,13). The SMILES string of the molecule is CC(CCC(=O)NN)N1CCSCC1. The van der Waals surface area contributed by atoms with Gasteiger partial charge in [-0.1, -0.05) is 0 Å². The molecule has 1 aliphatic rings. The minimum Gasteiger partial charge on any atom is -0.299 e. The van der Waals surface area contributed by atoms with Gasteiger partial charge in [0.25, 0.3) is 0 Å². The van der Waals surface area contributed by atoms with Gasteiger partial charge in [0.2, 0.25) is 5.91 Å². The molecule has 1 heterocycles. The van der Waals surface area contributed by atoms with Gasteiger partial charge in [-0.05, 0) is 13.3 Å². The molecule has 1 fully saturated rings. The molecular weight excluding hydrogens is 198 g/mol. The van der Waals surface area contributed by atoms with E-state index < -0.39 is 0 Å². The smallest absolute Gasteiger partial charge is 0.233 e. The van der Waals surface area contributed by atoms with Crippen molar-refractivity contribution in [1.29, 1.82) is 0 Å². The molecule has 1 atom stereocenters. The topological polar surface area (TPSA) is 58.4 Å². The summed E-state index contributed by atoms with van der Waals surface area (Å²) in [5, 5.41) is 0. The number of hydrazine groups is 1. The molecule has 1 rings (SSSR count). The molecule has 82 valence electrons. The Kier molecular flexibility index (Phi) is 5.29. The zero-order valence-corrected chi connectivity index (χ0v) is 9.48. The highest BCUT2D eigenvalue weighted by Gasteiger charge is 2.17. The highest BCUT2D eigenvalue weighted by molar-refractivity contribution is 7.99. The van der Waals surface area contributed by atoms with Crippen molar-refractivity contribution in [2.45, 2.75) is 25.8 Å². The number of carbonyl (C=O) groups is 1. The van der Waals surface area contributed by atoms with Crippen LogP contribution < -0.4 is 11.3 Å². The quantitative estimate of drug-likeness (QED) is 0.401.